The van der Waals surface area contributed by atoms with Crippen molar-refractivity contribution < 1.29 is 0 Å². The maximum absolute atomic E-state index is 2.64. The van der Waals surface area contributed by atoms with E-state index in [0.29, 0.717) is 0 Å². The van der Waals surface area contributed by atoms with E-state index in [4.69, 9.17) is 0 Å². The second-order valence-electron chi connectivity index (χ2n) is 14.9. The Kier molecular flexibility index (Phi) is 7.81. The summed E-state index contributed by atoms with van der Waals surface area (Å²) in [6.45, 7) is 19.5. The molecule has 3 heteroatoms. The summed E-state index contributed by atoms with van der Waals surface area (Å²) in [6, 6.07) is 35.5. The van der Waals surface area contributed by atoms with Crippen molar-refractivity contribution in [1.82, 2.24) is 0 Å². The number of hydrogen-bond acceptors (Lipinski definition) is 0. The van der Waals surface area contributed by atoms with E-state index < -0.39 is 24.2 Å². The van der Waals surface area contributed by atoms with Gasteiger partial charge in [-0.15, -0.1) is 0 Å². The van der Waals surface area contributed by atoms with Gasteiger partial charge in [0.2, 0.25) is 0 Å². The number of hydrogen-bond donors (Lipinski definition) is 0. The Labute approximate surface area is 263 Å². The van der Waals surface area contributed by atoms with Crippen LogP contribution in [0.15, 0.2) is 95.3 Å². The zero-order valence-corrected chi connectivity index (χ0v) is 30.6. The lowest BCUT2D eigenvalue weighted by molar-refractivity contribution is 1.15. The fraction of sp³-hybridized carbons (Fsp3) is 0.300. The molecular weight excluding hydrogens is 565 g/mol. The van der Waals surface area contributed by atoms with Crippen LogP contribution in [0.1, 0.15) is 36.1 Å². The minimum absolute atomic E-state index is 1.11. The lowest BCUT2D eigenvalue weighted by Gasteiger charge is -2.33. The van der Waals surface area contributed by atoms with Crippen molar-refractivity contribution in [3.63, 3.8) is 0 Å². The number of fused-ring (bicyclic) bond motifs is 2. The van der Waals surface area contributed by atoms with Crippen LogP contribution in [-0.4, -0.2) is 24.2 Å². The molecule has 0 unspecified atom stereocenters. The third kappa shape index (κ3) is 5.45. The Morgan fingerprint density at radius 3 is 1.19 bits per heavy atom. The Balaban J connectivity index is 1.37. The molecule has 0 heterocycles. The molecular formula is C40H48Si3. The summed E-state index contributed by atoms with van der Waals surface area (Å²) in [5.74, 6) is 0. The van der Waals surface area contributed by atoms with E-state index >= 15 is 0 Å². The molecule has 2 aliphatic carbocycles. The molecule has 0 nitrogen and oxygen atoms in total. The fourth-order valence-electron chi connectivity index (χ4n) is 7.52. The first-order valence-corrected chi connectivity index (χ1v) is 25.7. The Hall–Kier alpha value is -2.99. The number of benzene rings is 4. The second kappa shape index (κ2) is 11.2. The van der Waals surface area contributed by atoms with Crippen LogP contribution >= 0.6 is 0 Å². The molecule has 0 atom stereocenters. The van der Waals surface area contributed by atoms with Crippen LogP contribution in [-0.2, 0) is 12.8 Å². The summed E-state index contributed by atoms with van der Waals surface area (Å²) in [5, 5.41) is 6.53. The van der Waals surface area contributed by atoms with E-state index in [2.05, 4.69) is 150 Å². The van der Waals surface area contributed by atoms with E-state index in [0.717, 1.165) is 12.8 Å². The summed E-state index contributed by atoms with van der Waals surface area (Å²) >= 11 is 0. The van der Waals surface area contributed by atoms with Crippen LogP contribution in [0.4, 0.5) is 0 Å². The molecule has 4 aromatic carbocycles. The van der Waals surface area contributed by atoms with Gasteiger partial charge in [0.25, 0.3) is 0 Å². The molecule has 2 aliphatic rings. The number of allylic oxidation sites excluding steroid dienone is 2. The highest BCUT2D eigenvalue weighted by atomic mass is 28.3. The number of rotatable bonds is 8. The molecule has 0 spiro atoms. The van der Waals surface area contributed by atoms with Crippen molar-refractivity contribution in [2.24, 2.45) is 0 Å². The van der Waals surface area contributed by atoms with Crippen molar-refractivity contribution in [2.75, 3.05) is 0 Å². The summed E-state index contributed by atoms with van der Waals surface area (Å²) in [5.41, 5.74) is 11.5. The highest BCUT2D eigenvalue weighted by Crippen LogP contribution is 2.46. The van der Waals surface area contributed by atoms with E-state index in [1.165, 1.54) is 67.0 Å². The summed E-state index contributed by atoms with van der Waals surface area (Å²) in [4.78, 5) is 0. The molecule has 43 heavy (non-hydrogen) atoms. The molecule has 4 aromatic rings. The minimum Gasteiger partial charge on any atom is -0.0709 e. The molecule has 0 aliphatic heterocycles. The van der Waals surface area contributed by atoms with E-state index in [1.54, 1.807) is 10.4 Å². The fourth-order valence-corrected chi connectivity index (χ4v) is 14.5. The quantitative estimate of drug-likeness (QED) is 0.174. The normalized spacial score (nSPS) is 14.8. The van der Waals surface area contributed by atoms with Gasteiger partial charge in [0.15, 0.2) is 0 Å². The topological polar surface area (TPSA) is 0 Å². The maximum atomic E-state index is 2.64. The molecule has 0 fully saturated rings. The smallest absolute Gasteiger partial charge is 0.0709 e. The van der Waals surface area contributed by atoms with Gasteiger partial charge in [-0.3, -0.25) is 0 Å². The highest BCUT2D eigenvalue weighted by molar-refractivity contribution is 6.94. The van der Waals surface area contributed by atoms with Gasteiger partial charge in [-0.1, -0.05) is 183 Å². The van der Waals surface area contributed by atoms with Crippen LogP contribution in [0.5, 0.6) is 0 Å². The van der Waals surface area contributed by atoms with Crippen molar-refractivity contribution >= 4 is 46.7 Å². The van der Waals surface area contributed by atoms with Crippen LogP contribution in [0.3, 0.4) is 0 Å². The molecule has 0 amide bonds. The average molecular weight is 613 g/mol. The van der Waals surface area contributed by atoms with Crippen LogP contribution < -0.4 is 10.4 Å². The molecule has 0 saturated carbocycles. The first-order valence-electron chi connectivity index (χ1n) is 16.3. The molecule has 6 rings (SSSR count). The molecule has 0 radical (unpaired) electrons. The molecule has 220 valence electrons. The van der Waals surface area contributed by atoms with E-state index in [1.807, 2.05) is 0 Å². The van der Waals surface area contributed by atoms with Crippen molar-refractivity contribution in [2.45, 2.75) is 78.1 Å². The van der Waals surface area contributed by atoms with E-state index in [9.17, 15) is 0 Å². The van der Waals surface area contributed by atoms with Crippen LogP contribution in [0.25, 0.3) is 34.4 Å². The Morgan fingerprint density at radius 1 is 0.488 bits per heavy atom. The first-order chi connectivity index (χ1) is 20.4. The first kappa shape index (κ1) is 30.1. The zero-order chi connectivity index (χ0) is 30.6. The monoisotopic (exact) mass is 612 g/mol. The van der Waals surface area contributed by atoms with Gasteiger partial charge in [-0.05, 0) is 57.3 Å². The van der Waals surface area contributed by atoms with E-state index in [-0.39, 0.29) is 0 Å². The highest BCUT2D eigenvalue weighted by Gasteiger charge is 2.41. The summed E-state index contributed by atoms with van der Waals surface area (Å²) < 4.78 is 0. The van der Waals surface area contributed by atoms with Gasteiger partial charge < -0.3 is 0 Å². The Morgan fingerprint density at radius 2 is 0.860 bits per heavy atom. The lowest BCUT2D eigenvalue weighted by atomic mass is 9.97. The Bertz CT molecular complexity index is 1590. The predicted molar refractivity (Wildman–Crippen MR) is 200 cm³/mol. The lowest BCUT2D eigenvalue weighted by Crippen LogP contribution is -2.39. The summed E-state index contributed by atoms with van der Waals surface area (Å²) in [7, 11) is -4.48. The second-order valence-corrected chi connectivity index (χ2v) is 29.9. The van der Waals surface area contributed by atoms with Crippen molar-refractivity contribution in [3.8, 4) is 22.3 Å². The SMILES string of the molecule is CC[Si](CC)(C1=Cc2c(cccc2-c2ccc([Si](C)(C)C)cc2)C1)C1=Cc2c(cccc2-c2ccc([Si](C)(C)C)cc2)C1. The van der Waals surface area contributed by atoms with Gasteiger partial charge in [-0.2, -0.15) is 0 Å². The maximum Gasteiger partial charge on any atom is 0.109 e. The van der Waals surface area contributed by atoms with Gasteiger partial charge >= 0.3 is 0 Å². The van der Waals surface area contributed by atoms with Crippen LogP contribution in [0, 0.1) is 0 Å². The molecule has 0 bridgehead atoms. The molecule has 0 N–H and O–H groups in total. The van der Waals surface area contributed by atoms with Crippen molar-refractivity contribution in [1.29, 1.82) is 0 Å². The van der Waals surface area contributed by atoms with Gasteiger partial charge in [0.1, 0.15) is 8.07 Å². The van der Waals surface area contributed by atoms with Gasteiger partial charge in [0, 0.05) is 0 Å². The molecule has 0 aromatic heterocycles. The third-order valence-corrected chi connectivity index (χ3v) is 20.0. The van der Waals surface area contributed by atoms with Gasteiger partial charge in [-0.25, -0.2) is 0 Å². The van der Waals surface area contributed by atoms with Gasteiger partial charge in [0.05, 0.1) is 16.1 Å². The average Bonchev–Trinajstić information content (AvgIpc) is 3.63. The van der Waals surface area contributed by atoms with Crippen molar-refractivity contribution in [3.05, 3.63) is 118 Å². The zero-order valence-electron chi connectivity index (χ0n) is 27.6. The molecule has 0 saturated heterocycles. The largest absolute Gasteiger partial charge is 0.109 e. The van der Waals surface area contributed by atoms with Crippen LogP contribution in [0.2, 0.25) is 51.4 Å². The minimum atomic E-state index is -1.85. The standard InChI is InChI=1S/C40H48Si3/c1-9-43(10-2,35-25-31-13-11-15-37(39(31)27-35)29-17-21-33(22-18-29)41(3,4)5)36-26-32-14-12-16-38(40(32)28-36)30-19-23-34(24-20-30)42(6,7)8/h11-24,27-28H,9-10,25-26H2,1-8H3. The summed E-state index contributed by atoms with van der Waals surface area (Å²) in [6.07, 6.45) is 7.50. The predicted octanol–water partition coefficient (Wildman–Crippen LogP) is 10.3. The third-order valence-electron chi connectivity index (χ3n) is 10.4.